The molecule has 0 atom stereocenters. The minimum absolute atomic E-state index is 0.144. The maximum atomic E-state index is 12.3. The van der Waals surface area contributed by atoms with Gasteiger partial charge in [-0.25, -0.2) is 0 Å². The van der Waals surface area contributed by atoms with Gasteiger partial charge in [-0.3, -0.25) is 9.59 Å². The van der Waals surface area contributed by atoms with Crippen molar-refractivity contribution in [2.45, 2.75) is 32.7 Å². The number of fused-ring (bicyclic) bond motifs is 1. The van der Waals surface area contributed by atoms with E-state index in [1.165, 1.54) is 0 Å². The van der Waals surface area contributed by atoms with Crippen LogP contribution in [0.5, 0.6) is 0 Å². The van der Waals surface area contributed by atoms with Crippen LogP contribution in [0, 0.1) is 5.92 Å². The van der Waals surface area contributed by atoms with E-state index in [2.05, 4.69) is 16.8 Å². The molecule has 25 heavy (non-hydrogen) atoms. The summed E-state index contributed by atoms with van der Waals surface area (Å²) in [5.41, 5.74) is 1.68. The Morgan fingerprint density at radius 2 is 2.00 bits per heavy atom. The second-order valence-electron chi connectivity index (χ2n) is 6.66. The minimum atomic E-state index is -0.601. The summed E-state index contributed by atoms with van der Waals surface area (Å²) in [7, 11) is 0. The third-order valence-corrected chi connectivity index (χ3v) is 4.85. The predicted octanol–water partition coefficient (Wildman–Crippen LogP) is 2.22. The van der Waals surface area contributed by atoms with Gasteiger partial charge >= 0.3 is 11.8 Å². The molecule has 2 heterocycles. The number of rotatable bonds is 4. The lowest BCUT2D eigenvalue weighted by Gasteiger charge is -2.30. The van der Waals surface area contributed by atoms with E-state index >= 15 is 0 Å². The molecule has 6 nitrogen and oxygen atoms in total. The largest absolute Gasteiger partial charge is 0.396 e. The standard InChI is InChI=1S/C19H25N3O3/c1-2-8-21-11-7-15-3-4-16(12-17(15)21)20-18(24)19(25)22-9-5-14(13-23)6-10-22/h3-4,7,11-12,14,23H,2,5-6,8-10,13H2,1H3,(H,20,24). The Bertz CT molecular complexity index is 760. The Balaban J connectivity index is 1.67. The van der Waals surface area contributed by atoms with E-state index in [4.69, 9.17) is 5.11 Å². The summed E-state index contributed by atoms with van der Waals surface area (Å²) in [6, 6.07) is 7.73. The van der Waals surface area contributed by atoms with Crippen molar-refractivity contribution in [1.29, 1.82) is 0 Å². The average molecular weight is 343 g/mol. The van der Waals surface area contributed by atoms with Gasteiger partial charge < -0.3 is 19.9 Å². The molecular formula is C19H25N3O3. The number of hydrogen-bond donors (Lipinski definition) is 2. The Labute approximate surface area is 147 Å². The Morgan fingerprint density at radius 1 is 1.24 bits per heavy atom. The summed E-state index contributed by atoms with van der Waals surface area (Å²) >= 11 is 0. The molecule has 134 valence electrons. The molecule has 2 N–H and O–H groups in total. The van der Waals surface area contributed by atoms with Crippen LogP contribution < -0.4 is 5.32 Å². The number of carbonyl (C=O) groups excluding carboxylic acids is 2. The number of anilines is 1. The number of aromatic nitrogens is 1. The third-order valence-electron chi connectivity index (χ3n) is 4.85. The van der Waals surface area contributed by atoms with Crippen molar-refractivity contribution in [2.24, 2.45) is 5.92 Å². The van der Waals surface area contributed by atoms with Gasteiger partial charge in [0.2, 0.25) is 0 Å². The number of aliphatic hydroxyl groups excluding tert-OH is 1. The van der Waals surface area contributed by atoms with Gasteiger partial charge in [0.25, 0.3) is 0 Å². The first-order chi connectivity index (χ1) is 12.1. The molecule has 1 aromatic heterocycles. The Hall–Kier alpha value is -2.34. The average Bonchev–Trinajstić information content (AvgIpc) is 3.04. The molecule has 2 amide bonds. The van der Waals surface area contributed by atoms with E-state index < -0.39 is 11.8 Å². The fraction of sp³-hybridized carbons (Fsp3) is 0.474. The molecule has 2 aromatic rings. The summed E-state index contributed by atoms with van der Waals surface area (Å²) in [5, 5.41) is 13.0. The summed E-state index contributed by atoms with van der Waals surface area (Å²) in [6.07, 6.45) is 4.55. The molecule has 0 saturated carbocycles. The number of amides is 2. The molecule has 6 heteroatoms. The number of nitrogens with zero attached hydrogens (tertiary/aromatic N) is 2. The van der Waals surface area contributed by atoms with Crippen LogP contribution in [0.1, 0.15) is 26.2 Å². The number of aryl methyl sites for hydroxylation is 1. The predicted molar refractivity (Wildman–Crippen MR) is 97.2 cm³/mol. The fourth-order valence-corrected chi connectivity index (χ4v) is 3.34. The summed E-state index contributed by atoms with van der Waals surface area (Å²) < 4.78 is 2.15. The highest BCUT2D eigenvalue weighted by molar-refractivity contribution is 6.39. The number of likely N-dealkylation sites (tertiary alicyclic amines) is 1. The monoisotopic (exact) mass is 343 g/mol. The van der Waals surface area contributed by atoms with E-state index in [9.17, 15) is 9.59 Å². The minimum Gasteiger partial charge on any atom is -0.396 e. The van der Waals surface area contributed by atoms with E-state index in [1.54, 1.807) is 4.90 Å². The first-order valence-corrected chi connectivity index (χ1v) is 8.92. The Kier molecular flexibility index (Phi) is 5.38. The maximum absolute atomic E-state index is 12.3. The van der Waals surface area contributed by atoms with Crippen LogP contribution in [0.4, 0.5) is 5.69 Å². The van der Waals surface area contributed by atoms with Crippen LogP contribution >= 0.6 is 0 Å². The Morgan fingerprint density at radius 3 is 2.68 bits per heavy atom. The first kappa shape index (κ1) is 17.5. The lowest BCUT2D eigenvalue weighted by atomic mass is 9.98. The molecule has 0 spiro atoms. The van der Waals surface area contributed by atoms with Gasteiger partial charge in [-0.2, -0.15) is 0 Å². The number of benzene rings is 1. The highest BCUT2D eigenvalue weighted by Crippen LogP contribution is 2.21. The van der Waals surface area contributed by atoms with Gasteiger partial charge in [0, 0.05) is 38.1 Å². The molecule has 0 aliphatic carbocycles. The fourth-order valence-electron chi connectivity index (χ4n) is 3.34. The van der Waals surface area contributed by atoms with Crippen LogP contribution in [-0.2, 0) is 16.1 Å². The van der Waals surface area contributed by atoms with Crippen LogP contribution in [0.15, 0.2) is 30.5 Å². The van der Waals surface area contributed by atoms with Crippen molar-refractivity contribution >= 4 is 28.4 Å². The second-order valence-corrected chi connectivity index (χ2v) is 6.66. The summed E-state index contributed by atoms with van der Waals surface area (Å²) in [4.78, 5) is 26.2. The van der Waals surface area contributed by atoms with Gasteiger partial charge in [0.1, 0.15) is 0 Å². The van der Waals surface area contributed by atoms with Gasteiger partial charge in [-0.15, -0.1) is 0 Å². The molecule has 3 rings (SSSR count). The molecular weight excluding hydrogens is 318 g/mol. The number of piperidine rings is 1. The van der Waals surface area contributed by atoms with Crippen molar-refractivity contribution in [1.82, 2.24) is 9.47 Å². The first-order valence-electron chi connectivity index (χ1n) is 8.92. The zero-order valence-corrected chi connectivity index (χ0v) is 14.6. The molecule has 0 radical (unpaired) electrons. The number of carbonyl (C=O) groups is 2. The van der Waals surface area contributed by atoms with Crippen molar-refractivity contribution < 1.29 is 14.7 Å². The third kappa shape index (κ3) is 3.85. The van der Waals surface area contributed by atoms with Gasteiger partial charge in [0.15, 0.2) is 0 Å². The topological polar surface area (TPSA) is 74.6 Å². The lowest BCUT2D eigenvalue weighted by Crippen LogP contribution is -2.44. The zero-order valence-electron chi connectivity index (χ0n) is 14.6. The molecule has 0 bridgehead atoms. The summed E-state index contributed by atoms with van der Waals surface area (Å²) in [6.45, 7) is 4.23. The van der Waals surface area contributed by atoms with Gasteiger partial charge in [-0.05, 0) is 48.8 Å². The van der Waals surface area contributed by atoms with Gasteiger partial charge in [0.05, 0.1) is 5.52 Å². The van der Waals surface area contributed by atoms with Crippen molar-refractivity contribution in [3.05, 3.63) is 30.5 Å². The van der Waals surface area contributed by atoms with Crippen LogP contribution in [0.3, 0.4) is 0 Å². The normalized spacial score (nSPS) is 15.5. The smallest absolute Gasteiger partial charge is 0.313 e. The van der Waals surface area contributed by atoms with Gasteiger partial charge in [-0.1, -0.05) is 13.0 Å². The van der Waals surface area contributed by atoms with E-state index in [-0.39, 0.29) is 12.5 Å². The second kappa shape index (κ2) is 7.70. The maximum Gasteiger partial charge on any atom is 0.313 e. The van der Waals surface area contributed by atoms with Crippen LogP contribution in [-0.4, -0.2) is 46.1 Å². The molecule has 0 unspecified atom stereocenters. The van der Waals surface area contributed by atoms with E-state index in [0.717, 1.165) is 36.7 Å². The van der Waals surface area contributed by atoms with E-state index in [0.29, 0.717) is 18.8 Å². The number of nitrogens with one attached hydrogen (secondary N) is 1. The van der Waals surface area contributed by atoms with Crippen molar-refractivity contribution in [3.63, 3.8) is 0 Å². The van der Waals surface area contributed by atoms with E-state index in [1.807, 2.05) is 30.5 Å². The number of aliphatic hydroxyl groups is 1. The molecule has 1 aliphatic heterocycles. The van der Waals surface area contributed by atoms with Crippen molar-refractivity contribution in [2.75, 3.05) is 25.0 Å². The quantitative estimate of drug-likeness (QED) is 0.836. The zero-order chi connectivity index (χ0) is 17.8. The van der Waals surface area contributed by atoms with Crippen LogP contribution in [0.2, 0.25) is 0 Å². The lowest BCUT2D eigenvalue weighted by molar-refractivity contribution is -0.144. The molecule has 1 saturated heterocycles. The SMILES string of the molecule is CCCn1ccc2ccc(NC(=O)C(=O)N3CCC(CO)CC3)cc21. The highest BCUT2D eigenvalue weighted by atomic mass is 16.3. The summed E-state index contributed by atoms with van der Waals surface area (Å²) in [5.74, 6) is -0.864. The molecule has 1 aliphatic rings. The van der Waals surface area contributed by atoms with Crippen LogP contribution in [0.25, 0.3) is 10.9 Å². The molecule has 1 aromatic carbocycles. The highest BCUT2D eigenvalue weighted by Gasteiger charge is 2.26. The molecule has 1 fully saturated rings. The number of hydrogen-bond acceptors (Lipinski definition) is 3. The van der Waals surface area contributed by atoms with Crippen molar-refractivity contribution in [3.8, 4) is 0 Å².